The van der Waals surface area contributed by atoms with Gasteiger partial charge in [0.25, 0.3) is 0 Å². The first-order chi connectivity index (χ1) is 6.87. The first-order valence-electron chi connectivity index (χ1n) is 5.50. The molecule has 0 radical (unpaired) electrons. The topological polar surface area (TPSA) is 44.7 Å². The number of aliphatic hydroxyl groups is 1. The number of nitrogens with zero attached hydrogens (tertiary/aromatic N) is 1. The molecule has 2 N–H and O–H groups in total. The van der Waals surface area contributed by atoms with Crippen LogP contribution in [0.25, 0.3) is 0 Å². The predicted octanol–water partition coefficient (Wildman–Crippen LogP) is 0.314. The molecule has 0 saturated carbocycles. The van der Waals surface area contributed by atoms with Gasteiger partial charge in [0.1, 0.15) is 0 Å². The van der Waals surface area contributed by atoms with Crippen LogP contribution in [0.15, 0.2) is 0 Å². The summed E-state index contributed by atoms with van der Waals surface area (Å²) in [5.74, 6) is 0. The molecule has 0 fully saturated rings. The number of nitrogens with one attached hydrogen (secondary N) is 1. The van der Waals surface area contributed by atoms with E-state index in [2.05, 4.69) is 24.1 Å². The third-order valence-corrected chi connectivity index (χ3v) is 2.18. The Balaban J connectivity index is 3.79. The van der Waals surface area contributed by atoms with E-state index in [1.807, 2.05) is 14.0 Å². The minimum absolute atomic E-state index is 0.403. The third-order valence-electron chi connectivity index (χ3n) is 2.18. The maximum absolute atomic E-state index is 10.1. The number of methoxy groups -OCH3 is 1. The summed E-state index contributed by atoms with van der Waals surface area (Å²) in [6.45, 7) is 8.80. The molecule has 0 aromatic heterocycles. The Morgan fingerprint density at radius 1 is 1.47 bits per heavy atom. The second-order valence-corrected chi connectivity index (χ2v) is 4.76. The molecular formula is C11H26N2O2. The van der Waals surface area contributed by atoms with Crippen molar-refractivity contribution in [3.05, 3.63) is 0 Å². The molecule has 15 heavy (non-hydrogen) atoms. The van der Waals surface area contributed by atoms with E-state index in [1.165, 1.54) is 0 Å². The van der Waals surface area contributed by atoms with Gasteiger partial charge in [-0.1, -0.05) is 13.8 Å². The fraction of sp³-hybridized carbons (Fsp3) is 1.00. The Kier molecular flexibility index (Phi) is 7.09. The molecule has 0 aromatic rings. The smallest absolute Gasteiger partial charge is 0.0869 e. The molecule has 1 atom stereocenters. The van der Waals surface area contributed by atoms with Crippen LogP contribution in [0.2, 0.25) is 0 Å². The lowest BCUT2D eigenvalue weighted by molar-refractivity contribution is 0.0200. The molecule has 0 spiro atoms. The molecule has 0 amide bonds. The fourth-order valence-corrected chi connectivity index (χ4v) is 1.39. The van der Waals surface area contributed by atoms with E-state index in [9.17, 15) is 5.11 Å². The number of likely N-dealkylation sites (N-methyl/N-ethyl adjacent to an activating group) is 1. The van der Waals surface area contributed by atoms with Crippen molar-refractivity contribution in [1.82, 2.24) is 10.2 Å². The Labute approximate surface area is 93.6 Å². The highest BCUT2D eigenvalue weighted by Gasteiger charge is 2.22. The first-order valence-corrected chi connectivity index (χ1v) is 5.50. The molecular weight excluding hydrogens is 192 g/mol. The van der Waals surface area contributed by atoms with E-state index in [-0.39, 0.29) is 0 Å². The standard InChI is InChI=1S/C11H26N2O2/c1-10(2)12-8-11(3,14)9-13(4)6-7-15-5/h10,12,14H,6-9H2,1-5H3. The number of rotatable bonds is 8. The lowest BCUT2D eigenvalue weighted by Gasteiger charge is -2.30. The summed E-state index contributed by atoms with van der Waals surface area (Å²) >= 11 is 0. The van der Waals surface area contributed by atoms with E-state index in [1.54, 1.807) is 7.11 Å². The van der Waals surface area contributed by atoms with Crippen LogP contribution in [0, 0.1) is 0 Å². The van der Waals surface area contributed by atoms with Gasteiger partial charge < -0.3 is 20.1 Å². The second-order valence-electron chi connectivity index (χ2n) is 4.76. The van der Waals surface area contributed by atoms with E-state index in [0.29, 0.717) is 25.7 Å². The van der Waals surface area contributed by atoms with Gasteiger partial charge in [0, 0.05) is 32.8 Å². The zero-order chi connectivity index (χ0) is 11.9. The van der Waals surface area contributed by atoms with Gasteiger partial charge in [-0.2, -0.15) is 0 Å². The van der Waals surface area contributed by atoms with E-state index < -0.39 is 5.60 Å². The average Bonchev–Trinajstić information content (AvgIpc) is 2.11. The van der Waals surface area contributed by atoms with Crippen LogP contribution >= 0.6 is 0 Å². The predicted molar refractivity (Wildman–Crippen MR) is 63.1 cm³/mol. The Morgan fingerprint density at radius 3 is 2.53 bits per heavy atom. The Morgan fingerprint density at radius 2 is 2.07 bits per heavy atom. The maximum Gasteiger partial charge on any atom is 0.0869 e. The highest BCUT2D eigenvalue weighted by Crippen LogP contribution is 2.04. The Hall–Kier alpha value is -0.160. The zero-order valence-corrected chi connectivity index (χ0v) is 10.7. The summed E-state index contributed by atoms with van der Waals surface area (Å²) in [7, 11) is 3.68. The fourth-order valence-electron chi connectivity index (χ4n) is 1.39. The van der Waals surface area contributed by atoms with Crippen molar-refractivity contribution < 1.29 is 9.84 Å². The van der Waals surface area contributed by atoms with Crippen LogP contribution in [0.5, 0.6) is 0 Å². The highest BCUT2D eigenvalue weighted by atomic mass is 16.5. The maximum atomic E-state index is 10.1. The quantitative estimate of drug-likeness (QED) is 0.615. The SMILES string of the molecule is COCCN(C)CC(C)(O)CNC(C)C. The van der Waals surface area contributed by atoms with Crippen molar-refractivity contribution in [3.63, 3.8) is 0 Å². The van der Waals surface area contributed by atoms with E-state index in [4.69, 9.17) is 4.74 Å². The van der Waals surface area contributed by atoms with Gasteiger partial charge in [-0.25, -0.2) is 0 Å². The summed E-state index contributed by atoms with van der Waals surface area (Å²) in [4.78, 5) is 2.07. The number of hydrogen-bond acceptors (Lipinski definition) is 4. The second kappa shape index (κ2) is 7.17. The molecule has 0 saturated heterocycles. The van der Waals surface area contributed by atoms with E-state index in [0.717, 1.165) is 6.54 Å². The van der Waals surface area contributed by atoms with Gasteiger partial charge in [-0.05, 0) is 14.0 Å². The molecule has 0 aliphatic heterocycles. The average molecular weight is 218 g/mol. The minimum atomic E-state index is -0.688. The van der Waals surface area contributed by atoms with Crippen LogP contribution in [-0.4, -0.2) is 62.0 Å². The molecule has 0 rings (SSSR count). The normalized spacial score (nSPS) is 16.0. The molecule has 4 nitrogen and oxygen atoms in total. The van der Waals surface area contributed by atoms with Gasteiger partial charge in [-0.3, -0.25) is 0 Å². The van der Waals surface area contributed by atoms with Crippen LogP contribution in [0.4, 0.5) is 0 Å². The molecule has 0 bridgehead atoms. The van der Waals surface area contributed by atoms with Crippen molar-refractivity contribution in [3.8, 4) is 0 Å². The monoisotopic (exact) mass is 218 g/mol. The summed E-state index contributed by atoms with van der Waals surface area (Å²) in [6.07, 6.45) is 0. The van der Waals surface area contributed by atoms with Crippen LogP contribution in [-0.2, 0) is 4.74 Å². The zero-order valence-electron chi connectivity index (χ0n) is 10.7. The molecule has 0 aromatic carbocycles. The number of hydrogen-bond donors (Lipinski definition) is 2. The minimum Gasteiger partial charge on any atom is -0.388 e. The molecule has 0 aliphatic carbocycles. The summed E-state index contributed by atoms with van der Waals surface area (Å²) in [6, 6.07) is 0.403. The molecule has 0 aliphatic rings. The van der Waals surface area contributed by atoms with Gasteiger partial charge in [0.2, 0.25) is 0 Å². The van der Waals surface area contributed by atoms with E-state index >= 15 is 0 Å². The van der Waals surface area contributed by atoms with Gasteiger partial charge in [-0.15, -0.1) is 0 Å². The summed E-state index contributed by atoms with van der Waals surface area (Å²) in [5.41, 5.74) is -0.688. The van der Waals surface area contributed by atoms with Gasteiger partial charge in [0.15, 0.2) is 0 Å². The van der Waals surface area contributed by atoms with Crippen molar-refractivity contribution in [2.24, 2.45) is 0 Å². The van der Waals surface area contributed by atoms with Crippen LogP contribution in [0.1, 0.15) is 20.8 Å². The van der Waals surface area contributed by atoms with Crippen LogP contribution in [0.3, 0.4) is 0 Å². The van der Waals surface area contributed by atoms with Crippen molar-refractivity contribution >= 4 is 0 Å². The van der Waals surface area contributed by atoms with Crippen molar-refractivity contribution in [1.29, 1.82) is 0 Å². The lowest BCUT2D eigenvalue weighted by Crippen LogP contribution is -2.48. The largest absolute Gasteiger partial charge is 0.388 e. The third kappa shape index (κ3) is 8.81. The molecule has 1 unspecified atom stereocenters. The summed E-state index contributed by atoms with van der Waals surface area (Å²) in [5, 5.41) is 13.3. The van der Waals surface area contributed by atoms with Gasteiger partial charge in [0.05, 0.1) is 12.2 Å². The number of ether oxygens (including phenoxy) is 1. The molecule has 4 heteroatoms. The first kappa shape index (κ1) is 14.8. The highest BCUT2D eigenvalue weighted by molar-refractivity contribution is 4.79. The van der Waals surface area contributed by atoms with Crippen molar-refractivity contribution in [2.75, 3.05) is 40.4 Å². The van der Waals surface area contributed by atoms with Crippen LogP contribution < -0.4 is 5.32 Å². The summed E-state index contributed by atoms with van der Waals surface area (Å²) < 4.78 is 4.99. The van der Waals surface area contributed by atoms with Gasteiger partial charge >= 0.3 is 0 Å². The molecule has 92 valence electrons. The van der Waals surface area contributed by atoms with Crippen molar-refractivity contribution in [2.45, 2.75) is 32.4 Å². The Bertz CT molecular complexity index is 161. The molecule has 0 heterocycles. The lowest BCUT2D eigenvalue weighted by atomic mass is 10.1.